The van der Waals surface area contributed by atoms with Crippen molar-refractivity contribution in [3.63, 3.8) is 0 Å². The summed E-state index contributed by atoms with van der Waals surface area (Å²) in [4.78, 5) is 2.57. The first-order chi connectivity index (χ1) is 7.54. The van der Waals surface area contributed by atoms with Crippen molar-refractivity contribution in [1.29, 1.82) is 0 Å². The number of hydrogen-bond donors (Lipinski definition) is 1. The molecule has 0 aromatic rings. The highest BCUT2D eigenvalue weighted by Crippen LogP contribution is 2.21. The third-order valence-corrected chi connectivity index (χ3v) is 3.20. The molecule has 0 spiro atoms. The predicted octanol–water partition coefficient (Wildman–Crippen LogP) is 1.87. The lowest BCUT2D eigenvalue weighted by Gasteiger charge is -2.27. The molecule has 1 fully saturated rings. The van der Waals surface area contributed by atoms with Crippen LogP contribution in [0.5, 0.6) is 0 Å². The van der Waals surface area contributed by atoms with Crippen LogP contribution in [0.4, 0.5) is 0 Å². The summed E-state index contributed by atoms with van der Waals surface area (Å²) in [6.07, 6.45) is 1.22. The lowest BCUT2D eigenvalue weighted by molar-refractivity contribution is 0.0727. The van der Waals surface area contributed by atoms with Gasteiger partial charge in [-0.25, -0.2) is 0 Å². The summed E-state index contributed by atoms with van der Waals surface area (Å²) in [7, 11) is 0. The molecular weight excluding hydrogens is 200 g/mol. The van der Waals surface area contributed by atoms with Gasteiger partial charge in [-0.15, -0.1) is 0 Å². The van der Waals surface area contributed by atoms with E-state index >= 15 is 0 Å². The maximum Gasteiger partial charge on any atom is 0.0622 e. The molecule has 1 N–H and O–H groups in total. The summed E-state index contributed by atoms with van der Waals surface area (Å²) in [5.41, 5.74) is 0. The van der Waals surface area contributed by atoms with Gasteiger partial charge in [0.1, 0.15) is 0 Å². The van der Waals surface area contributed by atoms with Crippen molar-refractivity contribution in [3.05, 3.63) is 0 Å². The van der Waals surface area contributed by atoms with Crippen LogP contribution >= 0.6 is 0 Å². The minimum atomic E-state index is 0.574. The average molecular weight is 228 g/mol. The van der Waals surface area contributed by atoms with Crippen LogP contribution in [0.2, 0.25) is 0 Å². The Balaban J connectivity index is 2.47. The van der Waals surface area contributed by atoms with Gasteiger partial charge in [-0.3, -0.25) is 4.90 Å². The van der Waals surface area contributed by atoms with Crippen molar-refractivity contribution in [3.8, 4) is 0 Å². The molecule has 3 nitrogen and oxygen atoms in total. The zero-order valence-corrected chi connectivity index (χ0v) is 11.5. The largest absolute Gasteiger partial charge is 0.380 e. The van der Waals surface area contributed by atoms with Crippen LogP contribution in [-0.4, -0.2) is 48.8 Å². The average Bonchev–Trinajstić information content (AvgIpc) is 2.57. The smallest absolute Gasteiger partial charge is 0.0622 e. The van der Waals surface area contributed by atoms with E-state index in [4.69, 9.17) is 4.74 Å². The maximum absolute atomic E-state index is 5.58. The molecule has 0 aromatic heterocycles. The number of ether oxygens (including phenoxy) is 1. The van der Waals surface area contributed by atoms with Crippen LogP contribution in [0.25, 0.3) is 0 Å². The summed E-state index contributed by atoms with van der Waals surface area (Å²) in [5, 5.41) is 3.64. The minimum absolute atomic E-state index is 0.574. The van der Waals surface area contributed by atoms with Crippen LogP contribution in [0, 0.1) is 0 Å². The highest BCUT2D eigenvalue weighted by atomic mass is 16.5. The maximum atomic E-state index is 5.58. The second-order valence-corrected chi connectivity index (χ2v) is 5.36. The molecular formula is C13H28N2O. The van der Waals surface area contributed by atoms with E-state index in [0.29, 0.717) is 24.2 Å². The molecule has 0 unspecified atom stereocenters. The number of nitrogens with one attached hydrogen (secondary N) is 1. The first-order valence-corrected chi connectivity index (χ1v) is 6.64. The zero-order valence-electron chi connectivity index (χ0n) is 11.5. The van der Waals surface area contributed by atoms with Gasteiger partial charge < -0.3 is 10.1 Å². The molecule has 1 heterocycles. The molecule has 96 valence electrons. The van der Waals surface area contributed by atoms with E-state index in [0.717, 1.165) is 19.8 Å². The summed E-state index contributed by atoms with van der Waals surface area (Å²) in [6, 6.07) is 2.42. The van der Waals surface area contributed by atoms with E-state index in [-0.39, 0.29) is 0 Å². The van der Waals surface area contributed by atoms with Gasteiger partial charge in [-0.1, -0.05) is 13.8 Å². The lowest BCUT2D eigenvalue weighted by atomic mass is 10.1. The van der Waals surface area contributed by atoms with E-state index in [1.165, 1.54) is 6.42 Å². The molecule has 0 bridgehead atoms. The van der Waals surface area contributed by atoms with Crippen molar-refractivity contribution in [2.75, 3.05) is 19.8 Å². The van der Waals surface area contributed by atoms with Gasteiger partial charge in [-0.05, 0) is 27.2 Å². The quantitative estimate of drug-likeness (QED) is 0.751. The molecule has 16 heavy (non-hydrogen) atoms. The van der Waals surface area contributed by atoms with Crippen molar-refractivity contribution >= 4 is 0 Å². The first-order valence-electron chi connectivity index (χ1n) is 6.64. The van der Waals surface area contributed by atoms with Gasteiger partial charge in [0.25, 0.3) is 0 Å². The fourth-order valence-electron chi connectivity index (χ4n) is 2.58. The number of nitrogens with zero attached hydrogens (tertiary/aromatic N) is 1. The van der Waals surface area contributed by atoms with Gasteiger partial charge in [0, 0.05) is 37.3 Å². The molecule has 0 aliphatic carbocycles. The highest BCUT2D eigenvalue weighted by molar-refractivity contribution is 4.91. The third kappa shape index (κ3) is 4.04. The molecule has 2 atom stereocenters. The first kappa shape index (κ1) is 13.9. The second kappa shape index (κ2) is 6.58. The fourth-order valence-corrected chi connectivity index (χ4v) is 2.58. The SMILES string of the molecule is CCOC[C@@H]1C[C@@H](NC(C)C)CN1C(C)C. The molecule has 1 aliphatic rings. The summed E-state index contributed by atoms with van der Waals surface area (Å²) in [6.45, 7) is 13.9. The molecule has 3 heteroatoms. The number of likely N-dealkylation sites (tertiary alicyclic amines) is 1. The van der Waals surface area contributed by atoms with Crippen LogP contribution in [0.15, 0.2) is 0 Å². The van der Waals surface area contributed by atoms with Crippen molar-refractivity contribution in [1.82, 2.24) is 10.2 Å². The Hall–Kier alpha value is -0.120. The van der Waals surface area contributed by atoms with E-state index in [1.807, 2.05) is 0 Å². The minimum Gasteiger partial charge on any atom is -0.380 e. The number of rotatable bonds is 6. The van der Waals surface area contributed by atoms with E-state index in [1.54, 1.807) is 0 Å². The number of hydrogen-bond acceptors (Lipinski definition) is 3. The van der Waals surface area contributed by atoms with Crippen LogP contribution in [0.3, 0.4) is 0 Å². The van der Waals surface area contributed by atoms with Gasteiger partial charge in [-0.2, -0.15) is 0 Å². The lowest BCUT2D eigenvalue weighted by Crippen LogP contribution is -2.40. The normalized spacial score (nSPS) is 27.2. The standard InChI is InChI=1S/C13H28N2O/c1-6-16-9-13-7-12(14-10(2)3)8-15(13)11(4)5/h10-14H,6-9H2,1-5H3/t12-,13+/m1/s1. The van der Waals surface area contributed by atoms with Crippen molar-refractivity contribution in [2.45, 2.75) is 65.2 Å². The third-order valence-electron chi connectivity index (χ3n) is 3.20. The van der Waals surface area contributed by atoms with Crippen LogP contribution < -0.4 is 5.32 Å². The highest BCUT2D eigenvalue weighted by Gasteiger charge is 2.33. The van der Waals surface area contributed by atoms with Crippen LogP contribution in [-0.2, 0) is 4.74 Å². The molecule has 1 aliphatic heterocycles. The Labute approximate surface area is 101 Å². The van der Waals surface area contributed by atoms with Gasteiger partial charge in [0.05, 0.1) is 6.61 Å². The van der Waals surface area contributed by atoms with Crippen molar-refractivity contribution < 1.29 is 4.74 Å². The Bertz CT molecular complexity index is 194. The summed E-state index contributed by atoms with van der Waals surface area (Å²) >= 11 is 0. The molecule has 0 aromatic carbocycles. The Morgan fingerprint density at radius 1 is 1.31 bits per heavy atom. The van der Waals surface area contributed by atoms with E-state index in [2.05, 4.69) is 44.8 Å². The predicted molar refractivity (Wildman–Crippen MR) is 68.8 cm³/mol. The zero-order chi connectivity index (χ0) is 12.1. The van der Waals surface area contributed by atoms with Gasteiger partial charge in [0.2, 0.25) is 0 Å². The Kier molecular flexibility index (Phi) is 5.73. The van der Waals surface area contributed by atoms with Gasteiger partial charge in [0.15, 0.2) is 0 Å². The second-order valence-electron chi connectivity index (χ2n) is 5.36. The molecule has 0 amide bonds. The molecule has 0 saturated carbocycles. The van der Waals surface area contributed by atoms with Crippen molar-refractivity contribution in [2.24, 2.45) is 0 Å². The molecule has 1 saturated heterocycles. The Morgan fingerprint density at radius 2 is 2.00 bits per heavy atom. The Morgan fingerprint density at radius 3 is 2.50 bits per heavy atom. The van der Waals surface area contributed by atoms with Crippen LogP contribution in [0.1, 0.15) is 41.0 Å². The summed E-state index contributed by atoms with van der Waals surface area (Å²) < 4.78 is 5.58. The monoisotopic (exact) mass is 228 g/mol. The molecule has 0 radical (unpaired) electrons. The summed E-state index contributed by atoms with van der Waals surface area (Å²) in [5.74, 6) is 0. The topological polar surface area (TPSA) is 24.5 Å². The van der Waals surface area contributed by atoms with E-state index < -0.39 is 0 Å². The van der Waals surface area contributed by atoms with Gasteiger partial charge >= 0.3 is 0 Å². The van der Waals surface area contributed by atoms with E-state index in [9.17, 15) is 0 Å². The molecule has 1 rings (SSSR count). The fraction of sp³-hybridized carbons (Fsp3) is 1.00.